The summed E-state index contributed by atoms with van der Waals surface area (Å²) in [7, 11) is 0. The van der Waals surface area contributed by atoms with Gasteiger partial charge in [0.25, 0.3) is 11.8 Å². The third-order valence-electron chi connectivity index (χ3n) is 6.40. The highest BCUT2D eigenvalue weighted by atomic mass is 16.3. The molecule has 2 amide bonds. The maximum atomic E-state index is 13.3. The van der Waals surface area contributed by atoms with E-state index >= 15 is 0 Å². The van der Waals surface area contributed by atoms with Crippen molar-refractivity contribution in [3.05, 3.63) is 84.2 Å². The second-order valence-corrected chi connectivity index (χ2v) is 8.51. The molecule has 0 unspecified atom stereocenters. The Morgan fingerprint density at radius 2 is 1.69 bits per heavy atom. The summed E-state index contributed by atoms with van der Waals surface area (Å²) in [5, 5.41) is 11.2. The zero-order valence-corrected chi connectivity index (χ0v) is 17.8. The maximum Gasteiger partial charge on any atom is 0.273 e. The van der Waals surface area contributed by atoms with E-state index in [1.165, 1.54) is 0 Å². The van der Waals surface area contributed by atoms with Gasteiger partial charge >= 0.3 is 0 Å². The molecule has 0 spiro atoms. The van der Waals surface area contributed by atoms with Crippen LogP contribution in [0.1, 0.15) is 33.7 Å². The molecule has 1 saturated heterocycles. The Morgan fingerprint density at radius 1 is 0.969 bits per heavy atom. The number of carbonyl (C=O) groups excluding carboxylic acids is 2. The van der Waals surface area contributed by atoms with Gasteiger partial charge in [0.2, 0.25) is 0 Å². The predicted molar refractivity (Wildman–Crippen MR) is 122 cm³/mol. The van der Waals surface area contributed by atoms with Gasteiger partial charge in [0, 0.05) is 24.8 Å². The van der Waals surface area contributed by atoms with Gasteiger partial charge in [0.05, 0.1) is 12.1 Å². The fourth-order valence-electron chi connectivity index (χ4n) is 4.56. The van der Waals surface area contributed by atoms with Crippen LogP contribution in [0.3, 0.4) is 0 Å². The van der Waals surface area contributed by atoms with Crippen molar-refractivity contribution in [2.24, 2.45) is 0 Å². The minimum atomic E-state index is -1.01. The van der Waals surface area contributed by atoms with Gasteiger partial charge in [-0.3, -0.25) is 14.3 Å². The van der Waals surface area contributed by atoms with Gasteiger partial charge in [-0.25, -0.2) is 0 Å². The van der Waals surface area contributed by atoms with Crippen molar-refractivity contribution in [3.63, 3.8) is 0 Å². The van der Waals surface area contributed by atoms with Crippen molar-refractivity contribution >= 4 is 11.8 Å². The number of fused-ring (bicyclic) bond motifs is 1. The molecule has 2 N–H and O–H groups in total. The third-order valence-corrected chi connectivity index (χ3v) is 6.40. The second kappa shape index (κ2) is 8.16. The van der Waals surface area contributed by atoms with Crippen LogP contribution in [0.15, 0.2) is 72.9 Å². The molecule has 0 radical (unpaired) electrons. The Labute approximate surface area is 186 Å². The normalized spacial score (nSPS) is 17.6. The number of nitrogens with one attached hydrogen (secondary N) is 1. The number of aliphatic hydroxyl groups is 1. The van der Waals surface area contributed by atoms with Gasteiger partial charge in [-0.1, -0.05) is 48.5 Å². The topological polar surface area (TPSA) is 77.8 Å². The number of amides is 2. The molecule has 7 heteroatoms. The number of piperidine rings is 1. The number of nitrogens with zero attached hydrogens (tertiary/aromatic N) is 3. The number of β-amino-alcohol motifs (C(OH)–C–C–N with tert-alkyl or cyclic N) is 1. The first kappa shape index (κ1) is 20.3. The van der Waals surface area contributed by atoms with Crippen molar-refractivity contribution in [2.45, 2.75) is 18.4 Å². The van der Waals surface area contributed by atoms with E-state index in [0.29, 0.717) is 43.9 Å². The zero-order chi connectivity index (χ0) is 22.1. The smallest absolute Gasteiger partial charge is 0.273 e. The Balaban J connectivity index is 1.26. The molecule has 3 aromatic rings. The van der Waals surface area contributed by atoms with Crippen LogP contribution >= 0.6 is 0 Å². The number of benzene rings is 2. The summed E-state index contributed by atoms with van der Waals surface area (Å²) in [4.78, 5) is 29.5. The Morgan fingerprint density at radius 3 is 2.47 bits per heavy atom. The zero-order valence-electron chi connectivity index (χ0n) is 17.8. The van der Waals surface area contributed by atoms with E-state index in [0.717, 1.165) is 11.1 Å². The molecule has 164 valence electrons. The average molecular weight is 431 g/mol. The van der Waals surface area contributed by atoms with E-state index in [9.17, 15) is 14.7 Å². The van der Waals surface area contributed by atoms with Gasteiger partial charge < -0.3 is 20.3 Å². The van der Waals surface area contributed by atoms with Crippen LogP contribution in [-0.2, 0) is 0 Å². The number of hydrogen-bond acceptors (Lipinski definition) is 4. The fraction of sp³-hybridized carbons (Fsp3) is 0.280. The molecule has 0 bridgehead atoms. The highest BCUT2D eigenvalue weighted by Crippen LogP contribution is 2.29. The van der Waals surface area contributed by atoms with Gasteiger partial charge in [-0.15, -0.1) is 0 Å². The van der Waals surface area contributed by atoms with E-state index in [2.05, 4.69) is 5.43 Å². The molecule has 2 aliphatic rings. The highest BCUT2D eigenvalue weighted by Gasteiger charge is 2.38. The van der Waals surface area contributed by atoms with Gasteiger partial charge in [0.15, 0.2) is 0 Å². The summed E-state index contributed by atoms with van der Waals surface area (Å²) in [6, 6.07) is 21.1. The number of likely N-dealkylation sites (tertiary alicyclic amines) is 1. The summed E-state index contributed by atoms with van der Waals surface area (Å²) in [6.07, 6.45) is 2.66. The molecule has 2 aromatic carbocycles. The molecule has 7 nitrogen and oxygen atoms in total. The summed E-state index contributed by atoms with van der Waals surface area (Å²) in [5.74, 6) is -0.127. The second-order valence-electron chi connectivity index (χ2n) is 8.51. The van der Waals surface area contributed by atoms with E-state index in [4.69, 9.17) is 0 Å². The van der Waals surface area contributed by atoms with Crippen LogP contribution in [-0.4, -0.2) is 63.3 Å². The van der Waals surface area contributed by atoms with Crippen LogP contribution in [0, 0.1) is 0 Å². The van der Waals surface area contributed by atoms with Crippen LogP contribution in [0.4, 0.5) is 0 Å². The van der Waals surface area contributed by atoms with E-state index in [1.54, 1.807) is 26.7 Å². The quantitative estimate of drug-likeness (QED) is 0.667. The first-order chi connectivity index (χ1) is 15.5. The number of rotatable bonds is 4. The SMILES string of the molecule is O=C(c1ccccc1-c1ccccc1)N1CCC(O)(CN2CNn3cccc3C2=O)CC1. The molecule has 1 fully saturated rings. The summed E-state index contributed by atoms with van der Waals surface area (Å²) < 4.78 is 1.70. The molecule has 2 aliphatic heterocycles. The van der Waals surface area contributed by atoms with Crippen LogP contribution in [0.2, 0.25) is 0 Å². The molecule has 1 aromatic heterocycles. The van der Waals surface area contributed by atoms with Gasteiger partial charge in [-0.2, -0.15) is 0 Å². The van der Waals surface area contributed by atoms with Crippen LogP contribution < -0.4 is 5.43 Å². The van der Waals surface area contributed by atoms with Crippen molar-refractivity contribution in [3.8, 4) is 11.1 Å². The first-order valence-corrected chi connectivity index (χ1v) is 10.9. The average Bonchev–Trinajstić information content (AvgIpc) is 3.31. The maximum absolute atomic E-state index is 13.3. The van der Waals surface area contributed by atoms with E-state index in [-0.39, 0.29) is 18.4 Å². The Bertz CT molecular complexity index is 1130. The van der Waals surface area contributed by atoms with E-state index in [1.807, 2.05) is 60.7 Å². The molecule has 32 heavy (non-hydrogen) atoms. The Hall–Kier alpha value is -3.58. The van der Waals surface area contributed by atoms with Crippen LogP contribution in [0.25, 0.3) is 11.1 Å². The van der Waals surface area contributed by atoms with E-state index < -0.39 is 5.60 Å². The van der Waals surface area contributed by atoms with Crippen molar-refractivity contribution < 1.29 is 14.7 Å². The lowest BCUT2D eigenvalue weighted by atomic mass is 9.89. The lowest BCUT2D eigenvalue weighted by Crippen LogP contribution is -2.56. The molecular weight excluding hydrogens is 404 g/mol. The first-order valence-electron chi connectivity index (χ1n) is 10.9. The molecule has 0 atom stereocenters. The van der Waals surface area contributed by atoms with Crippen molar-refractivity contribution in [1.82, 2.24) is 14.5 Å². The number of carbonyl (C=O) groups is 2. The monoisotopic (exact) mass is 430 g/mol. The molecule has 0 aliphatic carbocycles. The number of hydrogen-bond donors (Lipinski definition) is 2. The fourth-order valence-corrected chi connectivity index (χ4v) is 4.56. The minimum absolute atomic E-state index is 0.0277. The van der Waals surface area contributed by atoms with Gasteiger partial charge in [-0.05, 0) is 42.2 Å². The molecule has 3 heterocycles. The largest absolute Gasteiger partial charge is 0.388 e. The molecule has 0 saturated carbocycles. The van der Waals surface area contributed by atoms with Crippen LogP contribution in [0.5, 0.6) is 0 Å². The number of aromatic nitrogens is 1. The van der Waals surface area contributed by atoms with Gasteiger partial charge in [0.1, 0.15) is 12.4 Å². The molecular formula is C25H26N4O3. The molecule has 5 rings (SSSR count). The summed E-state index contributed by atoms with van der Waals surface area (Å²) in [6.45, 7) is 1.48. The third kappa shape index (κ3) is 3.76. The standard InChI is InChI=1S/C25H26N4O3/c30-23(21-10-5-4-9-20(21)19-7-2-1-3-8-19)27-15-12-25(32,13-16-27)17-28-18-26-29-14-6-11-22(29)24(28)31/h1-11,14,26,32H,12-13,15-18H2. The lowest BCUT2D eigenvalue weighted by Gasteiger charge is -2.42. The van der Waals surface area contributed by atoms with Crippen molar-refractivity contribution in [2.75, 3.05) is 31.7 Å². The minimum Gasteiger partial charge on any atom is -0.388 e. The highest BCUT2D eigenvalue weighted by molar-refractivity contribution is 6.01. The summed E-state index contributed by atoms with van der Waals surface area (Å²) >= 11 is 0. The lowest BCUT2D eigenvalue weighted by molar-refractivity contribution is -0.0369. The predicted octanol–water partition coefficient (Wildman–Crippen LogP) is 2.78. The Kier molecular flexibility index (Phi) is 5.19. The summed E-state index contributed by atoms with van der Waals surface area (Å²) in [5.41, 5.74) is 5.28. The van der Waals surface area contributed by atoms with Crippen molar-refractivity contribution in [1.29, 1.82) is 0 Å².